The van der Waals surface area contributed by atoms with Crippen LogP contribution in [0.5, 0.6) is 5.75 Å². The Bertz CT molecular complexity index is 423. The van der Waals surface area contributed by atoms with E-state index in [2.05, 4.69) is 24.4 Å². The zero-order chi connectivity index (χ0) is 13.5. The summed E-state index contributed by atoms with van der Waals surface area (Å²) in [5.74, 6) is 0.911. The summed E-state index contributed by atoms with van der Waals surface area (Å²) in [4.78, 5) is 0. The second-order valence-corrected chi connectivity index (χ2v) is 4.34. The Morgan fingerprint density at radius 2 is 2.11 bits per heavy atom. The number of nitrogens with zero attached hydrogens (tertiary/aromatic N) is 1. The Hall–Kier alpha value is -1.53. The fourth-order valence-corrected chi connectivity index (χ4v) is 2.27. The van der Waals surface area contributed by atoms with E-state index >= 15 is 0 Å². The third-order valence-electron chi connectivity index (χ3n) is 3.36. The lowest BCUT2D eigenvalue weighted by molar-refractivity contribution is 0.408. The van der Waals surface area contributed by atoms with Gasteiger partial charge in [0.05, 0.1) is 19.1 Å². The quantitative estimate of drug-likeness (QED) is 0.839. The van der Waals surface area contributed by atoms with Gasteiger partial charge in [-0.2, -0.15) is 5.26 Å². The number of methoxy groups -OCH3 is 1. The molecule has 0 saturated carbocycles. The van der Waals surface area contributed by atoms with Gasteiger partial charge in [0.2, 0.25) is 0 Å². The molecule has 0 amide bonds. The average Bonchev–Trinajstić information content (AvgIpc) is 2.43. The molecule has 0 spiro atoms. The summed E-state index contributed by atoms with van der Waals surface area (Å²) in [6.45, 7) is 4.15. The first kappa shape index (κ1) is 14.5. The molecule has 1 N–H and O–H groups in total. The summed E-state index contributed by atoms with van der Waals surface area (Å²) in [5.41, 5.74) is 2.34. The Balaban J connectivity index is 3.11. The third kappa shape index (κ3) is 3.02. The van der Waals surface area contributed by atoms with E-state index in [4.69, 9.17) is 4.74 Å². The third-order valence-corrected chi connectivity index (χ3v) is 3.36. The molecule has 0 heterocycles. The summed E-state index contributed by atoms with van der Waals surface area (Å²) < 4.78 is 5.33. The van der Waals surface area contributed by atoms with Gasteiger partial charge in [-0.1, -0.05) is 26.0 Å². The number of rotatable bonds is 6. The van der Waals surface area contributed by atoms with Gasteiger partial charge in [-0.05, 0) is 37.1 Å². The molecular formula is C15H22N2O. The highest BCUT2D eigenvalue weighted by molar-refractivity contribution is 5.39. The molecule has 2 atom stereocenters. The number of benzene rings is 1. The van der Waals surface area contributed by atoms with E-state index in [-0.39, 0.29) is 12.0 Å². The second-order valence-electron chi connectivity index (χ2n) is 4.34. The first-order valence-corrected chi connectivity index (χ1v) is 6.45. The highest BCUT2D eigenvalue weighted by Gasteiger charge is 2.20. The lowest BCUT2D eigenvalue weighted by Crippen LogP contribution is -2.24. The highest BCUT2D eigenvalue weighted by atomic mass is 16.5. The summed E-state index contributed by atoms with van der Waals surface area (Å²) in [6, 6.07) is 8.62. The van der Waals surface area contributed by atoms with Crippen LogP contribution in [0.4, 0.5) is 0 Å². The zero-order valence-corrected chi connectivity index (χ0v) is 11.7. The standard InChI is InChI=1S/C15H22N2O/c1-5-11-9-13(7-8-14(11)18-4)15(17-3)12(6-2)10-16/h7-9,12,15,17H,5-6H2,1-4H3. The van der Waals surface area contributed by atoms with Gasteiger partial charge in [0.1, 0.15) is 5.75 Å². The maximum atomic E-state index is 9.20. The van der Waals surface area contributed by atoms with Crippen molar-refractivity contribution in [1.82, 2.24) is 5.32 Å². The van der Waals surface area contributed by atoms with Crippen molar-refractivity contribution in [3.63, 3.8) is 0 Å². The van der Waals surface area contributed by atoms with Crippen molar-refractivity contribution in [2.45, 2.75) is 32.7 Å². The van der Waals surface area contributed by atoms with Crippen LogP contribution < -0.4 is 10.1 Å². The van der Waals surface area contributed by atoms with Crippen molar-refractivity contribution in [2.75, 3.05) is 14.2 Å². The smallest absolute Gasteiger partial charge is 0.122 e. The second kappa shape index (κ2) is 7.03. The number of aryl methyl sites for hydroxylation is 1. The molecule has 0 saturated heterocycles. The van der Waals surface area contributed by atoms with Gasteiger partial charge in [-0.15, -0.1) is 0 Å². The van der Waals surface area contributed by atoms with E-state index in [1.165, 1.54) is 5.56 Å². The van der Waals surface area contributed by atoms with Crippen LogP contribution in [0.2, 0.25) is 0 Å². The predicted molar refractivity (Wildman–Crippen MR) is 73.6 cm³/mol. The van der Waals surface area contributed by atoms with Gasteiger partial charge in [-0.3, -0.25) is 0 Å². The molecule has 3 heteroatoms. The number of hydrogen-bond acceptors (Lipinski definition) is 3. The van der Waals surface area contributed by atoms with Gasteiger partial charge in [0.15, 0.2) is 0 Å². The van der Waals surface area contributed by atoms with Crippen molar-refractivity contribution in [1.29, 1.82) is 5.26 Å². The summed E-state index contributed by atoms with van der Waals surface area (Å²) in [5, 5.41) is 12.4. The van der Waals surface area contributed by atoms with Crippen LogP contribution in [0, 0.1) is 17.2 Å². The van der Waals surface area contributed by atoms with E-state index < -0.39 is 0 Å². The van der Waals surface area contributed by atoms with Crippen LogP contribution in [0.1, 0.15) is 37.4 Å². The molecule has 1 aromatic rings. The molecule has 2 unspecified atom stereocenters. The molecule has 0 aliphatic heterocycles. The van der Waals surface area contributed by atoms with Crippen molar-refractivity contribution in [2.24, 2.45) is 5.92 Å². The highest BCUT2D eigenvalue weighted by Crippen LogP contribution is 2.28. The number of nitriles is 1. The monoisotopic (exact) mass is 246 g/mol. The van der Waals surface area contributed by atoms with E-state index in [1.54, 1.807) is 7.11 Å². The van der Waals surface area contributed by atoms with Crippen LogP contribution in [-0.4, -0.2) is 14.2 Å². The van der Waals surface area contributed by atoms with E-state index in [1.807, 2.05) is 26.1 Å². The van der Waals surface area contributed by atoms with Crippen molar-refractivity contribution in [3.8, 4) is 11.8 Å². The average molecular weight is 246 g/mol. The Labute approximate surface area is 110 Å². The SMILES string of the molecule is CCc1cc(C(NC)C(C#N)CC)ccc1OC. The van der Waals surface area contributed by atoms with E-state index in [9.17, 15) is 5.26 Å². The summed E-state index contributed by atoms with van der Waals surface area (Å²) >= 11 is 0. The first-order chi connectivity index (χ1) is 8.71. The molecule has 0 fully saturated rings. The Kier molecular flexibility index (Phi) is 5.67. The maximum Gasteiger partial charge on any atom is 0.122 e. The summed E-state index contributed by atoms with van der Waals surface area (Å²) in [7, 11) is 3.59. The van der Waals surface area contributed by atoms with Crippen molar-refractivity contribution in [3.05, 3.63) is 29.3 Å². The molecule has 0 radical (unpaired) electrons. The molecule has 3 nitrogen and oxygen atoms in total. The van der Waals surface area contributed by atoms with Crippen molar-refractivity contribution >= 4 is 0 Å². The van der Waals surface area contributed by atoms with E-state index in [0.29, 0.717) is 0 Å². The fourth-order valence-electron chi connectivity index (χ4n) is 2.27. The van der Waals surface area contributed by atoms with Gasteiger partial charge in [0, 0.05) is 6.04 Å². The fraction of sp³-hybridized carbons (Fsp3) is 0.533. The zero-order valence-electron chi connectivity index (χ0n) is 11.7. The van der Waals surface area contributed by atoms with Gasteiger partial charge in [-0.25, -0.2) is 0 Å². The number of ether oxygens (including phenoxy) is 1. The Morgan fingerprint density at radius 1 is 1.39 bits per heavy atom. The normalized spacial score (nSPS) is 13.7. The van der Waals surface area contributed by atoms with Crippen molar-refractivity contribution < 1.29 is 4.74 Å². The Morgan fingerprint density at radius 3 is 2.56 bits per heavy atom. The molecule has 0 aliphatic rings. The van der Waals surface area contributed by atoms with Crippen LogP contribution in [0.25, 0.3) is 0 Å². The van der Waals surface area contributed by atoms with Gasteiger partial charge in [0.25, 0.3) is 0 Å². The molecular weight excluding hydrogens is 224 g/mol. The molecule has 1 rings (SSSR count). The minimum Gasteiger partial charge on any atom is -0.496 e. The number of hydrogen-bond donors (Lipinski definition) is 1. The minimum atomic E-state index is -0.00639. The topological polar surface area (TPSA) is 45.0 Å². The summed E-state index contributed by atoms with van der Waals surface area (Å²) in [6.07, 6.45) is 1.77. The lowest BCUT2D eigenvalue weighted by Gasteiger charge is -2.22. The van der Waals surface area contributed by atoms with Gasteiger partial charge >= 0.3 is 0 Å². The van der Waals surface area contributed by atoms with Crippen LogP contribution in [0.3, 0.4) is 0 Å². The van der Waals surface area contributed by atoms with Gasteiger partial charge < -0.3 is 10.1 Å². The van der Waals surface area contributed by atoms with Crippen LogP contribution in [-0.2, 0) is 6.42 Å². The molecule has 0 aliphatic carbocycles. The predicted octanol–water partition coefficient (Wildman–Crippen LogP) is 3.07. The molecule has 0 bridgehead atoms. The van der Waals surface area contributed by atoms with E-state index in [0.717, 1.165) is 24.2 Å². The van der Waals surface area contributed by atoms with Crippen LogP contribution in [0.15, 0.2) is 18.2 Å². The minimum absolute atomic E-state index is 0.00639. The first-order valence-electron chi connectivity index (χ1n) is 6.45. The largest absolute Gasteiger partial charge is 0.496 e. The van der Waals surface area contributed by atoms with Crippen LogP contribution >= 0.6 is 0 Å². The molecule has 18 heavy (non-hydrogen) atoms. The maximum absolute atomic E-state index is 9.20. The molecule has 98 valence electrons. The molecule has 1 aromatic carbocycles. The lowest BCUT2D eigenvalue weighted by atomic mass is 9.91. The molecule has 0 aromatic heterocycles. The number of nitrogens with one attached hydrogen (secondary N) is 1.